The lowest BCUT2D eigenvalue weighted by molar-refractivity contribution is 0.471. The number of phenols is 1. The fourth-order valence-corrected chi connectivity index (χ4v) is 1.65. The van der Waals surface area contributed by atoms with Gasteiger partial charge in [0.05, 0.1) is 18.4 Å². The number of rotatable bonds is 3. The molecule has 1 aromatic heterocycles. The van der Waals surface area contributed by atoms with Gasteiger partial charge in [-0.05, 0) is 37.1 Å². The van der Waals surface area contributed by atoms with Gasteiger partial charge in [-0.3, -0.25) is 4.68 Å². The molecule has 2 aromatic rings. The van der Waals surface area contributed by atoms with Gasteiger partial charge in [-0.25, -0.2) is 0 Å². The molecule has 5 nitrogen and oxygen atoms in total. The Balaban J connectivity index is 2.14. The molecule has 0 unspecified atom stereocenters. The third kappa shape index (κ3) is 2.38. The van der Waals surface area contributed by atoms with Crippen LogP contribution in [0.5, 0.6) is 5.75 Å². The highest BCUT2D eigenvalue weighted by Crippen LogP contribution is 2.25. The van der Waals surface area contributed by atoms with Crippen LogP contribution in [-0.4, -0.2) is 20.1 Å². The maximum atomic E-state index is 9.57. The summed E-state index contributed by atoms with van der Waals surface area (Å²) in [5.74, 6) is 0.329. The van der Waals surface area contributed by atoms with Crippen molar-refractivity contribution in [1.82, 2.24) is 15.0 Å². The van der Waals surface area contributed by atoms with E-state index in [0.29, 0.717) is 12.3 Å². The molecule has 1 heterocycles. The van der Waals surface area contributed by atoms with Crippen LogP contribution in [0.1, 0.15) is 16.8 Å². The number of aryl methyl sites for hydroxylation is 3. The van der Waals surface area contributed by atoms with E-state index in [-0.39, 0.29) is 0 Å². The Morgan fingerprint density at radius 1 is 1.29 bits per heavy atom. The molecule has 0 spiro atoms. The van der Waals surface area contributed by atoms with Crippen molar-refractivity contribution in [2.45, 2.75) is 20.4 Å². The summed E-state index contributed by atoms with van der Waals surface area (Å²) in [6, 6.07) is 3.70. The molecular weight excluding hydrogens is 216 g/mol. The van der Waals surface area contributed by atoms with Crippen molar-refractivity contribution in [2.24, 2.45) is 7.05 Å². The van der Waals surface area contributed by atoms with Crippen molar-refractivity contribution in [1.29, 1.82) is 0 Å². The van der Waals surface area contributed by atoms with Crippen LogP contribution in [0.25, 0.3) is 0 Å². The first-order valence-electron chi connectivity index (χ1n) is 5.45. The van der Waals surface area contributed by atoms with E-state index in [9.17, 15) is 5.11 Å². The predicted molar refractivity (Wildman–Crippen MR) is 65.9 cm³/mol. The van der Waals surface area contributed by atoms with Gasteiger partial charge in [-0.2, -0.15) is 0 Å². The molecule has 90 valence electrons. The summed E-state index contributed by atoms with van der Waals surface area (Å²) in [7, 11) is 1.86. The van der Waals surface area contributed by atoms with Crippen LogP contribution in [0.4, 0.5) is 5.69 Å². The minimum Gasteiger partial charge on any atom is -0.508 e. The first-order valence-corrected chi connectivity index (χ1v) is 5.45. The van der Waals surface area contributed by atoms with Gasteiger partial charge in [0.2, 0.25) is 0 Å². The summed E-state index contributed by atoms with van der Waals surface area (Å²) < 4.78 is 1.73. The summed E-state index contributed by atoms with van der Waals surface area (Å²) >= 11 is 0. The van der Waals surface area contributed by atoms with E-state index in [1.54, 1.807) is 16.9 Å². The van der Waals surface area contributed by atoms with Gasteiger partial charge < -0.3 is 10.4 Å². The van der Waals surface area contributed by atoms with E-state index in [0.717, 1.165) is 22.5 Å². The van der Waals surface area contributed by atoms with Crippen molar-refractivity contribution in [3.8, 4) is 5.75 Å². The van der Waals surface area contributed by atoms with E-state index in [4.69, 9.17) is 0 Å². The largest absolute Gasteiger partial charge is 0.508 e. The average Bonchev–Trinajstić information content (AvgIpc) is 2.68. The highest BCUT2D eigenvalue weighted by molar-refractivity contribution is 5.56. The zero-order valence-corrected chi connectivity index (χ0v) is 10.2. The highest BCUT2D eigenvalue weighted by Gasteiger charge is 2.04. The SMILES string of the molecule is Cc1cc(NCc2cnnn2C)c(C)cc1O. The smallest absolute Gasteiger partial charge is 0.118 e. The average molecular weight is 232 g/mol. The maximum Gasteiger partial charge on any atom is 0.118 e. The van der Waals surface area contributed by atoms with Gasteiger partial charge in [0.15, 0.2) is 0 Å². The lowest BCUT2D eigenvalue weighted by atomic mass is 10.1. The molecule has 0 aliphatic carbocycles. The molecule has 5 heteroatoms. The van der Waals surface area contributed by atoms with Gasteiger partial charge in [-0.15, -0.1) is 5.10 Å². The van der Waals surface area contributed by atoms with Crippen LogP contribution in [-0.2, 0) is 13.6 Å². The first-order chi connectivity index (χ1) is 8.08. The Morgan fingerprint density at radius 3 is 2.71 bits per heavy atom. The Bertz CT molecular complexity index is 533. The minimum atomic E-state index is 0.329. The summed E-state index contributed by atoms with van der Waals surface area (Å²) in [6.07, 6.45) is 1.73. The molecule has 0 saturated carbocycles. The van der Waals surface area contributed by atoms with Crippen molar-refractivity contribution < 1.29 is 5.11 Å². The number of hydrogen-bond acceptors (Lipinski definition) is 4. The van der Waals surface area contributed by atoms with Crippen LogP contribution < -0.4 is 5.32 Å². The molecule has 0 amide bonds. The highest BCUT2D eigenvalue weighted by atomic mass is 16.3. The molecule has 0 saturated heterocycles. The summed E-state index contributed by atoms with van der Waals surface area (Å²) in [4.78, 5) is 0. The standard InChI is InChI=1S/C12H16N4O/c1-8-5-12(17)9(2)4-11(8)13-6-10-7-14-15-16(10)3/h4-5,7,13,17H,6H2,1-3H3. The van der Waals surface area contributed by atoms with Crippen molar-refractivity contribution in [3.05, 3.63) is 35.2 Å². The number of phenolic OH excluding ortho intramolecular Hbond substituents is 1. The van der Waals surface area contributed by atoms with Crippen LogP contribution in [0, 0.1) is 13.8 Å². The lowest BCUT2D eigenvalue weighted by Crippen LogP contribution is -2.06. The molecule has 0 fully saturated rings. The molecular formula is C12H16N4O. The monoisotopic (exact) mass is 232 g/mol. The Hall–Kier alpha value is -2.04. The second-order valence-electron chi connectivity index (χ2n) is 4.16. The molecule has 0 bridgehead atoms. The second kappa shape index (κ2) is 4.45. The number of aromatic nitrogens is 3. The van der Waals surface area contributed by atoms with Gasteiger partial charge in [0.1, 0.15) is 5.75 Å². The van der Waals surface area contributed by atoms with E-state index in [2.05, 4.69) is 15.6 Å². The number of nitrogens with one attached hydrogen (secondary N) is 1. The van der Waals surface area contributed by atoms with Gasteiger partial charge in [0.25, 0.3) is 0 Å². The Kier molecular flexibility index (Phi) is 2.99. The van der Waals surface area contributed by atoms with Crippen LogP contribution in [0.15, 0.2) is 18.3 Å². The molecule has 0 atom stereocenters. The summed E-state index contributed by atoms with van der Waals surface area (Å²) in [5, 5.41) is 20.6. The minimum absolute atomic E-state index is 0.329. The van der Waals surface area contributed by atoms with Crippen molar-refractivity contribution in [2.75, 3.05) is 5.32 Å². The zero-order valence-electron chi connectivity index (χ0n) is 10.2. The van der Waals surface area contributed by atoms with Crippen molar-refractivity contribution >= 4 is 5.69 Å². The number of benzene rings is 1. The van der Waals surface area contributed by atoms with Gasteiger partial charge in [0, 0.05) is 12.7 Å². The third-order valence-corrected chi connectivity index (χ3v) is 2.81. The van der Waals surface area contributed by atoms with E-state index in [1.165, 1.54) is 0 Å². The van der Waals surface area contributed by atoms with Crippen molar-refractivity contribution in [3.63, 3.8) is 0 Å². The third-order valence-electron chi connectivity index (χ3n) is 2.81. The Morgan fingerprint density at radius 2 is 2.06 bits per heavy atom. The molecule has 1 aromatic carbocycles. The maximum absolute atomic E-state index is 9.57. The quantitative estimate of drug-likeness (QED) is 0.791. The second-order valence-corrected chi connectivity index (χ2v) is 4.16. The lowest BCUT2D eigenvalue weighted by Gasteiger charge is -2.11. The molecule has 2 N–H and O–H groups in total. The molecule has 0 radical (unpaired) electrons. The fourth-order valence-electron chi connectivity index (χ4n) is 1.65. The van der Waals surface area contributed by atoms with Crippen LogP contribution >= 0.6 is 0 Å². The number of aromatic hydroxyl groups is 1. The van der Waals surface area contributed by atoms with E-state index < -0.39 is 0 Å². The zero-order chi connectivity index (χ0) is 12.4. The number of hydrogen-bond donors (Lipinski definition) is 2. The molecule has 2 rings (SSSR count). The summed E-state index contributed by atoms with van der Waals surface area (Å²) in [5.41, 5.74) is 3.90. The first kappa shape index (κ1) is 11.4. The van der Waals surface area contributed by atoms with Crippen LogP contribution in [0.2, 0.25) is 0 Å². The number of nitrogens with zero attached hydrogens (tertiary/aromatic N) is 3. The number of anilines is 1. The van der Waals surface area contributed by atoms with Crippen LogP contribution in [0.3, 0.4) is 0 Å². The van der Waals surface area contributed by atoms with Gasteiger partial charge in [-0.1, -0.05) is 5.21 Å². The Labute approximate surface area is 100 Å². The predicted octanol–water partition coefficient (Wildman–Crippen LogP) is 1.75. The summed E-state index contributed by atoms with van der Waals surface area (Å²) in [6.45, 7) is 4.50. The normalized spacial score (nSPS) is 10.5. The van der Waals surface area contributed by atoms with E-state index in [1.807, 2.05) is 27.0 Å². The van der Waals surface area contributed by atoms with Gasteiger partial charge >= 0.3 is 0 Å². The molecule has 17 heavy (non-hydrogen) atoms. The van der Waals surface area contributed by atoms with E-state index >= 15 is 0 Å². The molecule has 0 aliphatic heterocycles. The molecule has 0 aliphatic rings. The fraction of sp³-hybridized carbons (Fsp3) is 0.333. The topological polar surface area (TPSA) is 63.0 Å².